The van der Waals surface area contributed by atoms with Crippen LogP contribution in [0.15, 0.2) is 51.8 Å². The molecular formula is C16H17IN4. The normalized spacial score (nSPS) is 11.3. The van der Waals surface area contributed by atoms with Crippen LogP contribution in [0, 0.1) is 0 Å². The van der Waals surface area contributed by atoms with Crippen molar-refractivity contribution in [3.8, 4) is 0 Å². The zero-order valence-corrected chi connectivity index (χ0v) is 13.9. The lowest BCUT2D eigenvalue weighted by Gasteiger charge is -2.01. The van der Waals surface area contributed by atoms with Gasteiger partial charge in [0.25, 0.3) is 0 Å². The molecule has 0 saturated carbocycles. The second kappa shape index (κ2) is 8.53. The van der Waals surface area contributed by atoms with Crippen LogP contribution < -0.4 is 10.7 Å². The Bertz CT molecular complexity index is 603. The standard InChI is InChI=1S/C16H17IN4/c1-18-10-13-2-4-14(5-3-13)12-20-21-16-7-6-15(8-9-17)11-19-16/h2-9,11-12,18H,10H2,1H3,(H,19,21). The third kappa shape index (κ3) is 5.28. The fourth-order valence-corrected chi connectivity index (χ4v) is 2.16. The number of hydrogen-bond donors (Lipinski definition) is 2. The van der Waals surface area contributed by atoms with Crippen LogP contribution in [0.1, 0.15) is 16.7 Å². The van der Waals surface area contributed by atoms with E-state index in [1.165, 1.54) is 5.56 Å². The first-order valence-corrected chi connectivity index (χ1v) is 7.82. The molecule has 0 aliphatic rings. The summed E-state index contributed by atoms with van der Waals surface area (Å²) >= 11 is 2.18. The van der Waals surface area contributed by atoms with E-state index >= 15 is 0 Å². The van der Waals surface area contributed by atoms with Crippen LogP contribution in [0.5, 0.6) is 0 Å². The van der Waals surface area contributed by atoms with Crippen LogP contribution in [0.3, 0.4) is 0 Å². The van der Waals surface area contributed by atoms with Gasteiger partial charge in [-0.25, -0.2) is 4.98 Å². The largest absolute Gasteiger partial charge is 0.316 e. The Hall–Kier alpha value is -1.73. The Morgan fingerprint density at radius 1 is 1.14 bits per heavy atom. The molecule has 0 fully saturated rings. The topological polar surface area (TPSA) is 49.3 Å². The van der Waals surface area contributed by atoms with Crippen molar-refractivity contribution in [3.05, 3.63) is 63.4 Å². The number of anilines is 1. The van der Waals surface area contributed by atoms with Crippen molar-refractivity contribution in [1.82, 2.24) is 10.3 Å². The summed E-state index contributed by atoms with van der Waals surface area (Å²) in [7, 11) is 1.94. The van der Waals surface area contributed by atoms with Gasteiger partial charge in [0.1, 0.15) is 5.82 Å². The number of hydrazone groups is 1. The maximum Gasteiger partial charge on any atom is 0.146 e. The Morgan fingerprint density at radius 3 is 2.52 bits per heavy atom. The molecule has 1 aromatic heterocycles. The highest BCUT2D eigenvalue weighted by Gasteiger charge is 1.93. The van der Waals surface area contributed by atoms with E-state index in [0.717, 1.165) is 23.5 Å². The maximum absolute atomic E-state index is 4.28. The van der Waals surface area contributed by atoms with E-state index < -0.39 is 0 Å². The van der Waals surface area contributed by atoms with Crippen molar-refractivity contribution in [2.75, 3.05) is 12.5 Å². The molecule has 0 atom stereocenters. The molecule has 0 amide bonds. The maximum atomic E-state index is 4.28. The second-order valence-corrected chi connectivity index (χ2v) is 5.13. The fourth-order valence-electron chi connectivity index (χ4n) is 1.74. The number of nitrogens with zero attached hydrogens (tertiary/aromatic N) is 2. The van der Waals surface area contributed by atoms with Crippen molar-refractivity contribution in [2.24, 2.45) is 5.10 Å². The van der Waals surface area contributed by atoms with Crippen molar-refractivity contribution in [1.29, 1.82) is 0 Å². The monoisotopic (exact) mass is 392 g/mol. The zero-order valence-electron chi connectivity index (χ0n) is 11.8. The molecule has 0 spiro atoms. The fraction of sp³-hybridized carbons (Fsp3) is 0.125. The molecular weight excluding hydrogens is 375 g/mol. The molecule has 0 aliphatic heterocycles. The molecule has 2 aromatic rings. The van der Waals surface area contributed by atoms with E-state index in [2.05, 4.69) is 55.6 Å². The van der Waals surface area contributed by atoms with Crippen LogP contribution in [0.2, 0.25) is 0 Å². The van der Waals surface area contributed by atoms with Gasteiger partial charge in [0.05, 0.1) is 6.21 Å². The summed E-state index contributed by atoms with van der Waals surface area (Å²) in [5.74, 6) is 0.726. The molecule has 4 nitrogen and oxygen atoms in total. The molecule has 0 saturated heterocycles. The van der Waals surface area contributed by atoms with E-state index in [0.29, 0.717) is 0 Å². The number of hydrogen-bond acceptors (Lipinski definition) is 4. The van der Waals surface area contributed by atoms with Crippen molar-refractivity contribution < 1.29 is 0 Å². The predicted octanol–water partition coefficient (Wildman–Crippen LogP) is 3.65. The Labute approximate surface area is 138 Å². The zero-order chi connectivity index (χ0) is 14.9. The first kappa shape index (κ1) is 15.7. The van der Waals surface area contributed by atoms with Crippen LogP contribution in [0.4, 0.5) is 5.82 Å². The van der Waals surface area contributed by atoms with E-state index in [1.807, 2.05) is 41.5 Å². The van der Waals surface area contributed by atoms with E-state index in [1.54, 1.807) is 12.4 Å². The Kier molecular flexibility index (Phi) is 6.36. The van der Waals surface area contributed by atoms with Gasteiger partial charge in [-0.1, -0.05) is 46.9 Å². The summed E-state index contributed by atoms with van der Waals surface area (Å²) in [4.78, 5) is 4.28. The van der Waals surface area contributed by atoms with E-state index in [-0.39, 0.29) is 0 Å². The summed E-state index contributed by atoms with van der Waals surface area (Å²) in [5.41, 5.74) is 6.29. The molecule has 108 valence electrons. The Morgan fingerprint density at radius 2 is 1.90 bits per heavy atom. The van der Waals surface area contributed by atoms with Gasteiger partial charge in [-0.15, -0.1) is 0 Å². The molecule has 0 unspecified atom stereocenters. The van der Waals surface area contributed by atoms with Crippen LogP contribution in [-0.2, 0) is 6.54 Å². The van der Waals surface area contributed by atoms with Crippen molar-refractivity contribution >= 4 is 40.7 Å². The Balaban J connectivity index is 1.92. The average Bonchev–Trinajstić information content (AvgIpc) is 2.51. The van der Waals surface area contributed by atoms with Gasteiger partial charge in [0.2, 0.25) is 0 Å². The lowest BCUT2D eigenvalue weighted by molar-refractivity contribution is 0.818. The molecule has 1 aromatic carbocycles. The molecule has 0 radical (unpaired) electrons. The van der Waals surface area contributed by atoms with Gasteiger partial charge in [0, 0.05) is 12.7 Å². The summed E-state index contributed by atoms with van der Waals surface area (Å²) < 4.78 is 1.96. The summed E-state index contributed by atoms with van der Waals surface area (Å²) in [6.07, 6.45) is 5.58. The second-order valence-electron chi connectivity index (χ2n) is 4.41. The number of pyridine rings is 1. The minimum atomic E-state index is 0.726. The molecule has 1 heterocycles. The number of aromatic nitrogens is 1. The summed E-state index contributed by atoms with van der Waals surface area (Å²) in [6.45, 7) is 0.873. The van der Waals surface area contributed by atoms with Crippen LogP contribution in [-0.4, -0.2) is 18.2 Å². The first-order chi connectivity index (χ1) is 10.3. The summed E-state index contributed by atoms with van der Waals surface area (Å²) in [5, 5.41) is 7.31. The molecule has 2 N–H and O–H groups in total. The highest BCUT2D eigenvalue weighted by atomic mass is 127. The number of rotatable bonds is 6. The summed E-state index contributed by atoms with van der Waals surface area (Å²) in [6, 6.07) is 12.1. The minimum Gasteiger partial charge on any atom is -0.316 e. The van der Waals surface area contributed by atoms with Gasteiger partial charge in [-0.2, -0.15) is 5.10 Å². The highest BCUT2D eigenvalue weighted by Crippen LogP contribution is 2.08. The van der Waals surface area contributed by atoms with Gasteiger partial charge in [0.15, 0.2) is 0 Å². The quantitative estimate of drug-likeness (QED) is 0.448. The molecule has 0 aliphatic carbocycles. The van der Waals surface area contributed by atoms with Gasteiger partial charge in [-0.05, 0) is 46.0 Å². The van der Waals surface area contributed by atoms with Crippen molar-refractivity contribution in [2.45, 2.75) is 6.54 Å². The van der Waals surface area contributed by atoms with Crippen LogP contribution in [0.25, 0.3) is 6.08 Å². The van der Waals surface area contributed by atoms with Gasteiger partial charge < -0.3 is 5.32 Å². The number of halogens is 1. The van der Waals surface area contributed by atoms with E-state index in [4.69, 9.17) is 0 Å². The van der Waals surface area contributed by atoms with E-state index in [9.17, 15) is 0 Å². The lowest BCUT2D eigenvalue weighted by Crippen LogP contribution is -2.04. The average molecular weight is 392 g/mol. The van der Waals surface area contributed by atoms with Gasteiger partial charge in [-0.3, -0.25) is 5.43 Å². The molecule has 5 heteroatoms. The van der Waals surface area contributed by atoms with Gasteiger partial charge >= 0.3 is 0 Å². The third-order valence-corrected chi connectivity index (χ3v) is 3.15. The number of benzene rings is 1. The first-order valence-electron chi connectivity index (χ1n) is 6.57. The van der Waals surface area contributed by atoms with Crippen LogP contribution >= 0.6 is 22.6 Å². The molecule has 21 heavy (non-hydrogen) atoms. The number of nitrogens with one attached hydrogen (secondary N) is 2. The molecule has 0 bridgehead atoms. The highest BCUT2D eigenvalue weighted by molar-refractivity contribution is 14.1. The molecule has 2 rings (SSSR count). The minimum absolute atomic E-state index is 0.726. The predicted molar refractivity (Wildman–Crippen MR) is 97.7 cm³/mol. The third-order valence-electron chi connectivity index (χ3n) is 2.80. The lowest BCUT2D eigenvalue weighted by atomic mass is 10.1. The SMILES string of the molecule is CNCc1ccc(C=NNc2ccc(C=CI)cn2)cc1. The smallest absolute Gasteiger partial charge is 0.146 e. The van der Waals surface area contributed by atoms with Crippen molar-refractivity contribution in [3.63, 3.8) is 0 Å².